The van der Waals surface area contributed by atoms with E-state index in [1.54, 1.807) is 55.7 Å². The molecule has 0 saturated carbocycles. The minimum Gasteiger partial charge on any atom is -0.408 e. The van der Waals surface area contributed by atoms with Crippen LogP contribution in [0.2, 0.25) is 18.1 Å². The lowest BCUT2D eigenvalue weighted by Crippen LogP contribution is -2.50. The summed E-state index contributed by atoms with van der Waals surface area (Å²) in [4.78, 5) is 74.6. The second-order valence-corrected chi connectivity index (χ2v) is 26.2. The van der Waals surface area contributed by atoms with Gasteiger partial charge in [0.2, 0.25) is 11.9 Å². The molecule has 1 aromatic carbocycles. The fourth-order valence-electron chi connectivity index (χ4n) is 7.48. The standard InChI is InChI=1S/C39H52N10O13P2Si/c1-20(2)33(50)46-38-45-32-26(35(52)47-38)43-19-49(32)37-29-28(62-65(8,9)39(4,5)6)24(59-37)16-57-64(54,55)61-27-21(3)36(58-23(27)15-56-63(7,53)60-29)48-18-42-25-30(40-17-41-31(25)48)44-34(51)22-13-11-10-12-14-22/h10-14,17-21,23-24,27-29,36-37H,15-16H2,1-9H3,(H,54,55)(H,40,41,44,51)(H2,45,46,47,50,52)/t21-,23+,24+,27?,28?,29-,36+,37+,63?/m0/s1. The van der Waals surface area contributed by atoms with Crippen LogP contribution in [0.1, 0.15) is 64.4 Å². The number of benzene rings is 1. The fourth-order valence-corrected chi connectivity index (χ4v) is 11.0. The highest BCUT2D eigenvalue weighted by Gasteiger charge is 2.55. The number of imidazole rings is 2. The number of hydrogen-bond acceptors (Lipinski definition) is 17. The minimum atomic E-state index is -4.98. The van der Waals surface area contributed by atoms with Crippen molar-refractivity contribution < 1.29 is 55.6 Å². The number of phosphoric acid groups is 1. The van der Waals surface area contributed by atoms with E-state index in [0.29, 0.717) is 5.56 Å². The van der Waals surface area contributed by atoms with Crippen LogP contribution in [-0.4, -0.2) is 114 Å². The van der Waals surface area contributed by atoms with Crippen molar-refractivity contribution >= 4 is 69.6 Å². The van der Waals surface area contributed by atoms with E-state index in [9.17, 15) is 28.4 Å². The lowest BCUT2D eigenvalue weighted by atomic mass is 10.0. The van der Waals surface area contributed by atoms with Crippen LogP contribution >= 0.6 is 15.4 Å². The van der Waals surface area contributed by atoms with Crippen molar-refractivity contribution in [2.75, 3.05) is 30.5 Å². The first kappa shape index (κ1) is 46.9. The Morgan fingerprint density at radius 3 is 2.26 bits per heavy atom. The number of anilines is 2. The first-order chi connectivity index (χ1) is 30.5. The predicted molar refractivity (Wildman–Crippen MR) is 235 cm³/mol. The number of carbonyl (C=O) groups is 2. The molecule has 0 aliphatic carbocycles. The van der Waals surface area contributed by atoms with Gasteiger partial charge in [-0.25, -0.2) is 24.5 Å². The van der Waals surface area contributed by atoms with Crippen molar-refractivity contribution in [3.63, 3.8) is 0 Å². The molecule has 8 rings (SSSR count). The number of amides is 2. The topological polar surface area (TPSA) is 284 Å². The summed E-state index contributed by atoms with van der Waals surface area (Å²) in [5, 5.41) is 4.99. The molecule has 4 N–H and O–H groups in total. The summed E-state index contributed by atoms with van der Waals surface area (Å²) in [6.45, 7) is 15.3. The third kappa shape index (κ3) is 9.52. The Balaban J connectivity index is 1.12. The Kier molecular flexibility index (Phi) is 12.7. The fraction of sp³-hybridized carbons (Fsp3) is 0.538. The molecule has 5 aromatic rings. The van der Waals surface area contributed by atoms with Crippen molar-refractivity contribution in [3.8, 4) is 0 Å². The van der Waals surface area contributed by atoms with Gasteiger partial charge in [0.25, 0.3) is 11.5 Å². The van der Waals surface area contributed by atoms with E-state index in [1.807, 2.05) is 33.9 Å². The summed E-state index contributed by atoms with van der Waals surface area (Å²) in [7, 11) is -11.9. The number of nitrogens with zero attached hydrogens (tertiary/aromatic N) is 7. The Bertz CT molecular complexity index is 2760. The molecule has 2 amide bonds. The molecular formula is C39H52N10O13P2Si. The van der Waals surface area contributed by atoms with Gasteiger partial charge in [-0.1, -0.05) is 59.7 Å². The van der Waals surface area contributed by atoms with Crippen LogP contribution in [0, 0.1) is 11.8 Å². The maximum Gasteiger partial charge on any atom is 0.472 e. The number of fused-ring (bicyclic) bond motifs is 5. The number of nitrogens with one attached hydrogen (secondary N) is 3. The number of rotatable bonds is 8. The summed E-state index contributed by atoms with van der Waals surface area (Å²) < 4.78 is 75.6. The number of carbonyl (C=O) groups excluding carboxylic acids is 2. The quantitative estimate of drug-likeness (QED) is 0.112. The molecule has 2 bridgehead atoms. The van der Waals surface area contributed by atoms with Crippen LogP contribution < -0.4 is 16.2 Å². The molecule has 65 heavy (non-hydrogen) atoms. The molecule has 26 heteroatoms. The number of hydrogen-bond donors (Lipinski definition) is 4. The molecule has 350 valence electrons. The zero-order chi connectivity index (χ0) is 46.8. The molecule has 3 fully saturated rings. The molecule has 3 aliphatic rings. The third-order valence-corrected chi connectivity index (χ3v) is 18.7. The lowest BCUT2D eigenvalue weighted by molar-refractivity contribution is -0.118. The Morgan fingerprint density at radius 1 is 0.908 bits per heavy atom. The summed E-state index contributed by atoms with van der Waals surface area (Å²) in [6.07, 6.45) is -4.15. The largest absolute Gasteiger partial charge is 0.472 e. The Labute approximate surface area is 373 Å². The molecule has 0 spiro atoms. The first-order valence-electron chi connectivity index (χ1n) is 20.9. The number of aromatic nitrogens is 8. The van der Waals surface area contributed by atoms with Crippen LogP contribution in [0.3, 0.4) is 0 Å². The molecule has 0 radical (unpaired) electrons. The van der Waals surface area contributed by atoms with Crippen molar-refractivity contribution in [2.45, 2.75) is 103 Å². The zero-order valence-corrected chi connectivity index (χ0v) is 39.9. The van der Waals surface area contributed by atoms with E-state index in [4.69, 9.17) is 32.0 Å². The van der Waals surface area contributed by atoms with Gasteiger partial charge in [0.05, 0.1) is 25.9 Å². The van der Waals surface area contributed by atoms with E-state index in [2.05, 4.69) is 40.5 Å². The van der Waals surface area contributed by atoms with Gasteiger partial charge in [0.15, 0.2) is 42.7 Å². The molecule has 23 nitrogen and oxygen atoms in total. The smallest absolute Gasteiger partial charge is 0.408 e. The number of H-pyrrole nitrogens is 1. The Morgan fingerprint density at radius 2 is 1.57 bits per heavy atom. The summed E-state index contributed by atoms with van der Waals surface area (Å²) in [5.41, 5.74) is 0.139. The molecule has 3 saturated heterocycles. The van der Waals surface area contributed by atoms with Crippen molar-refractivity contribution in [3.05, 3.63) is 65.2 Å². The van der Waals surface area contributed by atoms with Gasteiger partial charge in [-0.05, 0) is 30.3 Å². The highest BCUT2D eigenvalue weighted by molar-refractivity contribution is 7.53. The van der Waals surface area contributed by atoms with E-state index in [0.717, 1.165) is 0 Å². The van der Waals surface area contributed by atoms with Crippen molar-refractivity contribution in [2.24, 2.45) is 11.8 Å². The van der Waals surface area contributed by atoms with Crippen LogP contribution in [0.25, 0.3) is 22.3 Å². The van der Waals surface area contributed by atoms with Crippen LogP contribution in [-0.2, 0) is 45.9 Å². The Hall–Kier alpha value is -4.58. The van der Waals surface area contributed by atoms with Gasteiger partial charge in [-0.15, -0.1) is 0 Å². The molecule has 10 atom stereocenters. The van der Waals surface area contributed by atoms with Gasteiger partial charge in [0, 0.05) is 24.1 Å². The van der Waals surface area contributed by atoms with E-state index < -0.39 is 109 Å². The molecule has 7 heterocycles. The normalized spacial score (nSPS) is 30.1. The van der Waals surface area contributed by atoms with Crippen molar-refractivity contribution in [1.29, 1.82) is 0 Å². The van der Waals surface area contributed by atoms with E-state index >= 15 is 0 Å². The number of phosphoric ester groups is 1. The average molecular weight is 959 g/mol. The highest BCUT2D eigenvalue weighted by Crippen LogP contribution is 2.56. The van der Waals surface area contributed by atoms with Gasteiger partial charge < -0.3 is 28.6 Å². The minimum absolute atomic E-state index is 0.0200. The van der Waals surface area contributed by atoms with Crippen molar-refractivity contribution in [1.82, 2.24) is 39.0 Å². The van der Waals surface area contributed by atoms with Crippen LogP contribution in [0.5, 0.6) is 0 Å². The SMILES string of the molecule is CC(C)C(=O)Nc1nc2c(ncn2[C@@H]2O[C@@H]3COP(=O)(O)OC4[C@@H](COP(C)(=O)O[C@H]2C3O[Si](C)(C)C(C)(C)C)O[C@@H](n2cnc3c(NC(=O)c5ccccc5)ncnc32)[C@H]4C)c(=O)[nH]1. The van der Waals surface area contributed by atoms with Gasteiger partial charge in [-0.2, -0.15) is 4.98 Å². The van der Waals surface area contributed by atoms with E-state index in [-0.39, 0.29) is 39.1 Å². The van der Waals surface area contributed by atoms with Gasteiger partial charge >= 0.3 is 15.4 Å². The summed E-state index contributed by atoms with van der Waals surface area (Å²) in [6, 6.07) is 8.57. The van der Waals surface area contributed by atoms with E-state index in [1.165, 1.54) is 30.2 Å². The maximum absolute atomic E-state index is 14.6. The number of aromatic amines is 1. The second kappa shape index (κ2) is 17.6. The first-order valence-corrected chi connectivity index (χ1v) is 27.3. The predicted octanol–water partition coefficient (Wildman–Crippen LogP) is 5.37. The molecular weight excluding hydrogens is 907 g/mol. The molecule has 4 unspecified atom stereocenters. The highest BCUT2D eigenvalue weighted by atomic mass is 31.2. The van der Waals surface area contributed by atoms with Gasteiger partial charge in [0.1, 0.15) is 43.1 Å². The van der Waals surface area contributed by atoms with Crippen LogP contribution in [0.15, 0.2) is 54.1 Å². The summed E-state index contributed by atoms with van der Waals surface area (Å²) >= 11 is 0. The molecule has 4 aromatic heterocycles. The average Bonchev–Trinajstić information content (AvgIpc) is 4.00. The maximum atomic E-state index is 14.6. The molecule has 3 aliphatic heterocycles. The van der Waals surface area contributed by atoms with Gasteiger partial charge in [-0.3, -0.25) is 52.0 Å². The second-order valence-electron chi connectivity index (χ2n) is 18.1. The van der Waals surface area contributed by atoms with Crippen LogP contribution in [0.4, 0.5) is 11.8 Å². The summed E-state index contributed by atoms with van der Waals surface area (Å²) in [5.74, 6) is -1.97. The monoisotopic (exact) mass is 958 g/mol. The lowest BCUT2D eigenvalue weighted by Gasteiger charge is -2.40. The zero-order valence-electron chi connectivity index (χ0n) is 37.1. The third-order valence-electron chi connectivity index (χ3n) is 12.0. The number of ether oxygens (including phenoxy) is 2.